The highest BCUT2D eigenvalue weighted by molar-refractivity contribution is 5.42. The maximum atomic E-state index is 5.30. The van der Waals surface area contributed by atoms with Gasteiger partial charge in [-0.05, 0) is 24.1 Å². The number of rotatable bonds is 9. The van der Waals surface area contributed by atoms with Gasteiger partial charge in [-0.2, -0.15) is 0 Å². The van der Waals surface area contributed by atoms with Gasteiger partial charge in [0.1, 0.15) is 0 Å². The van der Waals surface area contributed by atoms with E-state index < -0.39 is 0 Å². The van der Waals surface area contributed by atoms with Crippen LogP contribution in [0.2, 0.25) is 0 Å². The van der Waals surface area contributed by atoms with Gasteiger partial charge in [0.2, 0.25) is 0 Å². The Morgan fingerprint density at radius 3 is 2.42 bits per heavy atom. The summed E-state index contributed by atoms with van der Waals surface area (Å²) in [5.74, 6) is 1.52. The second kappa shape index (κ2) is 8.77. The molecule has 0 aliphatic heterocycles. The van der Waals surface area contributed by atoms with Crippen molar-refractivity contribution in [2.75, 3.05) is 27.9 Å². The minimum atomic E-state index is 0.392. The Labute approximate surface area is 116 Å². The minimum absolute atomic E-state index is 0.392. The van der Waals surface area contributed by atoms with E-state index in [2.05, 4.69) is 12.2 Å². The van der Waals surface area contributed by atoms with E-state index in [0.29, 0.717) is 6.04 Å². The zero-order valence-electron chi connectivity index (χ0n) is 12.4. The fraction of sp³-hybridized carbons (Fsp3) is 0.600. The lowest BCUT2D eigenvalue weighted by Gasteiger charge is -2.17. The summed E-state index contributed by atoms with van der Waals surface area (Å²) in [6.07, 6.45) is 2.26. The molecule has 0 heterocycles. The van der Waals surface area contributed by atoms with Gasteiger partial charge in [0.25, 0.3) is 0 Å². The number of nitrogens with one attached hydrogen (secondary N) is 1. The highest BCUT2D eigenvalue weighted by Crippen LogP contribution is 2.27. The molecule has 0 saturated carbocycles. The topological polar surface area (TPSA) is 39.7 Å². The molecule has 1 aromatic rings. The molecule has 0 radical (unpaired) electrons. The van der Waals surface area contributed by atoms with E-state index in [1.54, 1.807) is 21.3 Å². The summed E-state index contributed by atoms with van der Waals surface area (Å²) in [4.78, 5) is 0. The Morgan fingerprint density at radius 2 is 1.84 bits per heavy atom. The molecular weight excluding hydrogens is 242 g/mol. The normalized spacial score (nSPS) is 12.2. The van der Waals surface area contributed by atoms with Gasteiger partial charge in [0.05, 0.1) is 20.8 Å². The van der Waals surface area contributed by atoms with Crippen molar-refractivity contribution in [1.29, 1.82) is 0 Å². The van der Waals surface area contributed by atoms with E-state index in [-0.39, 0.29) is 0 Å². The Morgan fingerprint density at radius 1 is 1.11 bits per heavy atom. The molecule has 0 aliphatic carbocycles. The molecule has 4 nitrogen and oxygen atoms in total. The highest BCUT2D eigenvalue weighted by atomic mass is 16.5. The van der Waals surface area contributed by atoms with Crippen LogP contribution in [0.15, 0.2) is 18.2 Å². The van der Waals surface area contributed by atoms with Crippen molar-refractivity contribution in [2.24, 2.45) is 0 Å². The van der Waals surface area contributed by atoms with Gasteiger partial charge in [-0.1, -0.05) is 19.4 Å². The quantitative estimate of drug-likeness (QED) is 0.746. The van der Waals surface area contributed by atoms with Crippen LogP contribution in [0.5, 0.6) is 11.5 Å². The first-order chi connectivity index (χ1) is 9.24. The minimum Gasteiger partial charge on any atom is -0.493 e. The van der Waals surface area contributed by atoms with Gasteiger partial charge >= 0.3 is 0 Å². The monoisotopic (exact) mass is 267 g/mol. The van der Waals surface area contributed by atoms with Crippen LogP contribution < -0.4 is 14.8 Å². The first-order valence-corrected chi connectivity index (χ1v) is 6.68. The predicted octanol–water partition coefficient (Wildman–Crippen LogP) is 2.61. The molecule has 1 aromatic carbocycles. The van der Waals surface area contributed by atoms with E-state index in [1.165, 1.54) is 5.56 Å². The number of benzene rings is 1. The van der Waals surface area contributed by atoms with E-state index in [0.717, 1.165) is 37.5 Å². The third-order valence-electron chi connectivity index (χ3n) is 3.05. The molecule has 0 spiro atoms. The lowest BCUT2D eigenvalue weighted by atomic mass is 10.1. The standard InChI is InChI=1S/C15H25NO3/c1-5-6-13(11-17-2)16-10-12-7-8-14(18-3)15(9-12)19-4/h7-9,13,16H,5-6,10-11H2,1-4H3. The number of ether oxygens (including phenoxy) is 3. The van der Waals surface area contributed by atoms with E-state index in [4.69, 9.17) is 14.2 Å². The molecule has 1 unspecified atom stereocenters. The lowest BCUT2D eigenvalue weighted by molar-refractivity contribution is 0.161. The summed E-state index contributed by atoms with van der Waals surface area (Å²) >= 11 is 0. The van der Waals surface area contributed by atoms with Crippen molar-refractivity contribution >= 4 is 0 Å². The molecule has 1 N–H and O–H groups in total. The van der Waals surface area contributed by atoms with Crippen LogP contribution in [-0.4, -0.2) is 34.0 Å². The number of hydrogen-bond donors (Lipinski definition) is 1. The molecule has 1 rings (SSSR count). The van der Waals surface area contributed by atoms with Gasteiger partial charge in [-0.3, -0.25) is 0 Å². The van der Waals surface area contributed by atoms with Gasteiger partial charge in [-0.15, -0.1) is 0 Å². The highest BCUT2D eigenvalue weighted by Gasteiger charge is 2.08. The van der Waals surface area contributed by atoms with Crippen LogP contribution in [0.25, 0.3) is 0 Å². The Bertz CT molecular complexity index is 362. The van der Waals surface area contributed by atoms with Crippen molar-refractivity contribution in [2.45, 2.75) is 32.4 Å². The number of methoxy groups -OCH3 is 3. The van der Waals surface area contributed by atoms with Crippen LogP contribution in [0.3, 0.4) is 0 Å². The molecule has 19 heavy (non-hydrogen) atoms. The largest absolute Gasteiger partial charge is 0.493 e. The SMILES string of the molecule is CCCC(COC)NCc1ccc(OC)c(OC)c1. The molecule has 0 fully saturated rings. The fourth-order valence-electron chi connectivity index (χ4n) is 2.05. The van der Waals surface area contributed by atoms with E-state index >= 15 is 0 Å². The molecule has 0 amide bonds. The molecule has 1 atom stereocenters. The molecule has 0 aliphatic rings. The maximum absolute atomic E-state index is 5.30. The Kier molecular flexibility index (Phi) is 7.30. The van der Waals surface area contributed by atoms with Crippen LogP contribution in [0.4, 0.5) is 0 Å². The average Bonchev–Trinajstić information content (AvgIpc) is 2.44. The van der Waals surface area contributed by atoms with Crippen molar-refractivity contribution in [3.8, 4) is 11.5 Å². The second-order valence-electron chi connectivity index (χ2n) is 4.51. The molecular formula is C15H25NO3. The fourth-order valence-corrected chi connectivity index (χ4v) is 2.05. The molecule has 0 saturated heterocycles. The summed E-state index contributed by atoms with van der Waals surface area (Å²) in [7, 11) is 5.03. The smallest absolute Gasteiger partial charge is 0.161 e. The third-order valence-corrected chi connectivity index (χ3v) is 3.05. The van der Waals surface area contributed by atoms with E-state index in [9.17, 15) is 0 Å². The summed E-state index contributed by atoms with van der Waals surface area (Å²) < 4.78 is 15.7. The molecule has 0 bridgehead atoms. The van der Waals surface area contributed by atoms with Crippen LogP contribution in [-0.2, 0) is 11.3 Å². The summed E-state index contributed by atoms with van der Waals surface area (Å²) in [6, 6.07) is 6.37. The average molecular weight is 267 g/mol. The summed E-state index contributed by atoms with van der Waals surface area (Å²) in [6.45, 7) is 3.72. The first-order valence-electron chi connectivity index (χ1n) is 6.68. The third kappa shape index (κ3) is 5.09. The summed E-state index contributed by atoms with van der Waals surface area (Å²) in [5, 5.41) is 3.51. The second-order valence-corrected chi connectivity index (χ2v) is 4.51. The number of hydrogen-bond acceptors (Lipinski definition) is 4. The predicted molar refractivity (Wildman–Crippen MR) is 77.0 cm³/mol. The lowest BCUT2D eigenvalue weighted by Crippen LogP contribution is -2.32. The van der Waals surface area contributed by atoms with Crippen molar-refractivity contribution in [3.63, 3.8) is 0 Å². The summed E-state index contributed by atoms with van der Waals surface area (Å²) in [5.41, 5.74) is 1.18. The first kappa shape index (κ1) is 15.8. The van der Waals surface area contributed by atoms with Gasteiger partial charge in [-0.25, -0.2) is 0 Å². The Balaban J connectivity index is 2.60. The van der Waals surface area contributed by atoms with Gasteiger partial charge in [0.15, 0.2) is 11.5 Å². The molecule has 4 heteroatoms. The van der Waals surface area contributed by atoms with Crippen molar-refractivity contribution in [1.82, 2.24) is 5.32 Å². The van der Waals surface area contributed by atoms with Gasteiger partial charge < -0.3 is 19.5 Å². The zero-order chi connectivity index (χ0) is 14.1. The maximum Gasteiger partial charge on any atom is 0.161 e. The van der Waals surface area contributed by atoms with E-state index in [1.807, 2.05) is 18.2 Å². The molecule has 0 aromatic heterocycles. The van der Waals surface area contributed by atoms with Crippen LogP contribution >= 0.6 is 0 Å². The zero-order valence-corrected chi connectivity index (χ0v) is 12.4. The van der Waals surface area contributed by atoms with Crippen LogP contribution in [0.1, 0.15) is 25.3 Å². The van der Waals surface area contributed by atoms with Crippen LogP contribution in [0, 0.1) is 0 Å². The Hall–Kier alpha value is -1.26. The molecule has 108 valence electrons. The van der Waals surface area contributed by atoms with Crippen molar-refractivity contribution in [3.05, 3.63) is 23.8 Å². The van der Waals surface area contributed by atoms with Crippen molar-refractivity contribution < 1.29 is 14.2 Å². The van der Waals surface area contributed by atoms with Gasteiger partial charge in [0, 0.05) is 19.7 Å².